The molecule has 2 rings (SSSR count). The second-order valence-electron chi connectivity index (χ2n) is 4.26. The molecule has 20 heavy (non-hydrogen) atoms. The fraction of sp³-hybridized carbons (Fsp3) is 0.143. The Labute approximate surface area is 116 Å². The standard InChI is InChI=1S/C14H13FO4S/c1-20(17,18)13-5-3-12(4-6-13)19-14-7-2-11(15)8-10(14)9-16/h2-8,16H,9H2,1H3. The summed E-state index contributed by atoms with van der Waals surface area (Å²) in [6.07, 6.45) is 1.12. The Hall–Kier alpha value is -1.92. The van der Waals surface area contributed by atoms with E-state index in [1.165, 1.54) is 42.5 Å². The molecule has 0 radical (unpaired) electrons. The highest BCUT2D eigenvalue weighted by Crippen LogP contribution is 2.27. The summed E-state index contributed by atoms with van der Waals surface area (Å²) in [5.41, 5.74) is 0.317. The molecule has 0 fully saturated rings. The maximum atomic E-state index is 13.0. The van der Waals surface area contributed by atoms with Crippen LogP contribution in [0.25, 0.3) is 0 Å². The van der Waals surface area contributed by atoms with E-state index in [9.17, 15) is 12.8 Å². The van der Waals surface area contributed by atoms with Crippen LogP contribution < -0.4 is 4.74 Å². The zero-order valence-electron chi connectivity index (χ0n) is 10.7. The van der Waals surface area contributed by atoms with E-state index in [1.54, 1.807) is 0 Å². The predicted octanol–water partition coefficient (Wildman–Crippen LogP) is 2.51. The second kappa shape index (κ2) is 5.60. The Morgan fingerprint density at radius 1 is 1.15 bits per heavy atom. The number of ether oxygens (including phenoxy) is 1. The summed E-state index contributed by atoms with van der Waals surface area (Å²) in [6, 6.07) is 9.66. The van der Waals surface area contributed by atoms with Crippen LogP contribution in [0.3, 0.4) is 0 Å². The molecular weight excluding hydrogens is 283 g/mol. The lowest BCUT2D eigenvalue weighted by Gasteiger charge is -2.10. The van der Waals surface area contributed by atoms with Crippen LogP contribution in [0.2, 0.25) is 0 Å². The number of aliphatic hydroxyl groups is 1. The average Bonchev–Trinajstić information content (AvgIpc) is 2.40. The smallest absolute Gasteiger partial charge is 0.175 e. The van der Waals surface area contributed by atoms with Crippen LogP contribution in [0.5, 0.6) is 11.5 Å². The minimum Gasteiger partial charge on any atom is -0.457 e. The summed E-state index contributed by atoms with van der Waals surface area (Å²) in [5.74, 6) is 0.258. The molecule has 0 unspecified atom stereocenters. The molecule has 2 aromatic carbocycles. The van der Waals surface area contributed by atoms with Crippen molar-refractivity contribution in [2.75, 3.05) is 6.26 Å². The second-order valence-corrected chi connectivity index (χ2v) is 6.27. The maximum Gasteiger partial charge on any atom is 0.175 e. The van der Waals surface area contributed by atoms with E-state index >= 15 is 0 Å². The van der Waals surface area contributed by atoms with Crippen LogP contribution in [-0.2, 0) is 16.4 Å². The molecule has 0 spiro atoms. The van der Waals surface area contributed by atoms with Gasteiger partial charge in [-0.3, -0.25) is 0 Å². The molecule has 4 nitrogen and oxygen atoms in total. The van der Waals surface area contributed by atoms with Gasteiger partial charge in [0.05, 0.1) is 11.5 Å². The van der Waals surface area contributed by atoms with Gasteiger partial charge in [-0.2, -0.15) is 0 Å². The molecule has 0 heterocycles. The van der Waals surface area contributed by atoms with E-state index in [2.05, 4.69) is 0 Å². The third-order valence-corrected chi connectivity index (χ3v) is 3.80. The molecule has 1 N–H and O–H groups in total. The first-order chi connectivity index (χ1) is 9.40. The lowest BCUT2D eigenvalue weighted by atomic mass is 10.2. The van der Waals surface area contributed by atoms with Gasteiger partial charge in [0.25, 0.3) is 0 Å². The first-order valence-corrected chi connectivity index (χ1v) is 7.66. The van der Waals surface area contributed by atoms with Gasteiger partial charge in [0.1, 0.15) is 17.3 Å². The predicted molar refractivity (Wildman–Crippen MR) is 71.9 cm³/mol. The largest absolute Gasteiger partial charge is 0.457 e. The number of sulfone groups is 1. The third-order valence-electron chi connectivity index (χ3n) is 2.67. The Balaban J connectivity index is 2.27. The van der Waals surface area contributed by atoms with Crippen molar-refractivity contribution >= 4 is 9.84 Å². The topological polar surface area (TPSA) is 63.6 Å². The summed E-state index contributed by atoms with van der Waals surface area (Å²) in [7, 11) is -3.26. The van der Waals surface area contributed by atoms with Crippen molar-refractivity contribution in [3.63, 3.8) is 0 Å². The molecule has 0 saturated heterocycles. The maximum absolute atomic E-state index is 13.0. The highest BCUT2D eigenvalue weighted by Gasteiger charge is 2.09. The minimum atomic E-state index is -3.26. The van der Waals surface area contributed by atoms with Crippen LogP contribution in [-0.4, -0.2) is 19.8 Å². The zero-order chi connectivity index (χ0) is 14.8. The minimum absolute atomic E-state index is 0.186. The number of hydrogen-bond donors (Lipinski definition) is 1. The monoisotopic (exact) mass is 296 g/mol. The van der Waals surface area contributed by atoms with Crippen molar-refractivity contribution in [1.29, 1.82) is 0 Å². The molecule has 6 heteroatoms. The number of rotatable bonds is 4. The van der Waals surface area contributed by atoms with Crippen molar-refractivity contribution in [2.45, 2.75) is 11.5 Å². The van der Waals surface area contributed by atoms with Gasteiger partial charge < -0.3 is 9.84 Å². The number of halogens is 1. The summed E-state index contributed by atoms with van der Waals surface area (Å²) in [5, 5.41) is 9.15. The lowest BCUT2D eigenvalue weighted by molar-refractivity contribution is 0.276. The molecule has 0 aliphatic rings. The normalized spacial score (nSPS) is 11.3. The lowest BCUT2D eigenvalue weighted by Crippen LogP contribution is -1.97. The van der Waals surface area contributed by atoms with E-state index in [-0.39, 0.29) is 11.5 Å². The average molecular weight is 296 g/mol. The molecule has 0 bridgehead atoms. The SMILES string of the molecule is CS(=O)(=O)c1ccc(Oc2ccc(F)cc2CO)cc1. The van der Waals surface area contributed by atoms with Crippen molar-refractivity contribution < 1.29 is 22.7 Å². The first-order valence-electron chi connectivity index (χ1n) is 5.77. The van der Waals surface area contributed by atoms with Gasteiger partial charge in [-0.1, -0.05) is 0 Å². The van der Waals surface area contributed by atoms with Gasteiger partial charge in [0, 0.05) is 11.8 Å². The Morgan fingerprint density at radius 2 is 1.80 bits per heavy atom. The van der Waals surface area contributed by atoms with Gasteiger partial charge >= 0.3 is 0 Å². The molecule has 0 aliphatic carbocycles. The van der Waals surface area contributed by atoms with Crippen LogP contribution in [0.15, 0.2) is 47.4 Å². The molecule has 0 aromatic heterocycles. The Bertz CT molecular complexity index is 708. The highest BCUT2D eigenvalue weighted by atomic mass is 32.2. The van der Waals surface area contributed by atoms with Gasteiger partial charge in [0.15, 0.2) is 9.84 Å². The van der Waals surface area contributed by atoms with Crippen molar-refractivity contribution in [1.82, 2.24) is 0 Å². The molecule has 0 saturated carbocycles. The number of aliphatic hydroxyl groups excluding tert-OH is 1. The Morgan fingerprint density at radius 3 is 2.35 bits per heavy atom. The van der Waals surface area contributed by atoms with E-state index in [0.717, 1.165) is 6.26 Å². The summed E-state index contributed by atoms with van der Waals surface area (Å²) in [6.45, 7) is -0.353. The number of hydrogen-bond acceptors (Lipinski definition) is 4. The summed E-state index contributed by atoms with van der Waals surface area (Å²) < 4.78 is 41.2. The molecule has 106 valence electrons. The molecule has 2 aromatic rings. The summed E-state index contributed by atoms with van der Waals surface area (Å²) in [4.78, 5) is 0.186. The third kappa shape index (κ3) is 3.34. The van der Waals surface area contributed by atoms with Crippen LogP contribution in [0, 0.1) is 5.82 Å². The van der Waals surface area contributed by atoms with Crippen molar-refractivity contribution in [2.24, 2.45) is 0 Å². The molecule has 0 atom stereocenters. The molecule has 0 amide bonds. The quantitative estimate of drug-likeness (QED) is 0.941. The van der Waals surface area contributed by atoms with E-state index in [4.69, 9.17) is 9.84 Å². The molecular formula is C14H13FO4S. The van der Waals surface area contributed by atoms with Gasteiger partial charge in [-0.05, 0) is 42.5 Å². The van der Waals surface area contributed by atoms with Crippen LogP contribution in [0.4, 0.5) is 4.39 Å². The van der Waals surface area contributed by atoms with Gasteiger partial charge in [-0.15, -0.1) is 0 Å². The zero-order valence-corrected chi connectivity index (χ0v) is 11.5. The van der Waals surface area contributed by atoms with E-state index in [0.29, 0.717) is 17.1 Å². The fourth-order valence-corrected chi connectivity index (χ4v) is 2.28. The molecule has 0 aliphatic heterocycles. The van der Waals surface area contributed by atoms with Crippen molar-refractivity contribution in [3.05, 3.63) is 53.8 Å². The van der Waals surface area contributed by atoms with Crippen LogP contribution in [0.1, 0.15) is 5.56 Å². The van der Waals surface area contributed by atoms with Gasteiger partial charge in [-0.25, -0.2) is 12.8 Å². The fourth-order valence-electron chi connectivity index (χ4n) is 1.65. The van der Waals surface area contributed by atoms with Gasteiger partial charge in [0.2, 0.25) is 0 Å². The summed E-state index contributed by atoms with van der Waals surface area (Å²) >= 11 is 0. The number of benzene rings is 2. The Kier molecular flexibility index (Phi) is 4.06. The van der Waals surface area contributed by atoms with Crippen LogP contribution >= 0.6 is 0 Å². The van der Waals surface area contributed by atoms with E-state index < -0.39 is 15.7 Å². The van der Waals surface area contributed by atoms with Crippen molar-refractivity contribution in [3.8, 4) is 11.5 Å². The highest BCUT2D eigenvalue weighted by molar-refractivity contribution is 7.90. The first kappa shape index (κ1) is 14.5. The van der Waals surface area contributed by atoms with E-state index in [1.807, 2.05) is 0 Å².